The van der Waals surface area contributed by atoms with Crippen LogP contribution < -0.4 is 5.73 Å². The smallest absolute Gasteiger partial charge is 0.0170 e. The second-order valence-electron chi connectivity index (χ2n) is 3.41. The van der Waals surface area contributed by atoms with Crippen LogP contribution in [0.1, 0.15) is 12.8 Å². The summed E-state index contributed by atoms with van der Waals surface area (Å²) in [5.74, 6) is 0.939. The molecule has 2 nitrogen and oxygen atoms in total. The molecule has 0 aromatic carbocycles. The second kappa shape index (κ2) is 3.07. The molecule has 2 heterocycles. The van der Waals surface area contributed by atoms with Gasteiger partial charge in [-0.1, -0.05) is 0 Å². The number of hydrogen-bond donors (Lipinski definition) is 1. The summed E-state index contributed by atoms with van der Waals surface area (Å²) in [5.41, 5.74) is 5.81. The van der Waals surface area contributed by atoms with Crippen LogP contribution in [0.3, 0.4) is 0 Å². The van der Waals surface area contributed by atoms with Gasteiger partial charge >= 0.3 is 0 Å². The molecule has 10 heavy (non-hydrogen) atoms. The molecule has 0 aromatic heterocycles. The molecule has 2 aliphatic rings. The second-order valence-corrected chi connectivity index (χ2v) is 3.41. The topological polar surface area (TPSA) is 29.3 Å². The first kappa shape index (κ1) is 8.31. The number of piperidine rings is 1. The van der Waals surface area contributed by atoms with Gasteiger partial charge in [0.05, 0.1) is 0 Å². The van der Waals surface area contributed by atoms with Gasteiger partial charge in [-0.05, 0) is 25.3 Å². The van der Waals surface area contributed by atoms with E-state index in [2.05, 4.69) is 4.90 Å². The average molecular weight is 163 g/mol. The lowest BCUT2D eigenvalue weighted by molar-refractivity contribution is 0.244. The van der Waals surface area contributed by atoms with Crippen LogP contribution in [0.15, 0.2) is 0 Å². The number of rotatable bonds is 0. The van der Waals surface area contributed by atoms with Gasteiger partial charge in [0, 0.05) is 19.1 Å². The summed E-state index contributed by atoms with van der Waals surface area (Å²) in [4.78, 5) is 2.48. The van der Waals surface area contributed by atoms with Crippen molar-refractivity contribution >= 4 is 12.4 Å². The first-order chi connectivity index (χ1) is 4.34. The van der Waals surface area contributed by atoms with Gasteiger partial charge in [-0.3, -0.25) is 0 Å². The molecule has 2 bridgehead atoms. The molecule has 2 aliphatic heterocycles. The highest BCUT2D eigenvalue weighted by molar-refractivity contribution is 5.85. The van der Waals surface area contributed by atoms with E-state index in [0.29, 0.717) is 6.04 Å². The van der Waals surface area contributed by atoms with Gasteiger partial charge in [-0.15, -0.1) is 12.4 Å². The maximum atomic E-state index is 5.81. The first-order valence-electron chi connectivity index (χ1n) is 3.82. The Morgan fingerprint density at radius 1 is 1.30 bits per heavy atom. The summed E-state index contributed by atoms with van der Waals surface area (Å²) in [6.07, 6.45) is 2.67. The van der Waals surface area contributed by atoms with Gasteiger partial charge in [0.15, 0.2) is 0 Å². The molecular formula is C7H15ClN2. The lowest BCUT2D eigenvalue weighted by atomic mass is 9.98. The van der Waals surface area contributed by atoms with Gasteiger partial charge in [0.2, 0.25) is 0 Å². The fraction of sp³-hybridized carbons (Fsp3) is 1.00. The Kier molecular flexibility index (Phi) is 2.55. The highest BCUT2D eigenvalue weighted by Crippen LogP contribution is 2.25. The standard InChI is InChI=1S/C7H14N2.ClH/c8-7-3-6-1-2-9(4-6)5-7;/h6-7H,1-5,8H2;1H. The van der Waals surface area contributed by atoms with Crippen molar-refractivity contribution in [1.82, 2.24) is 4.90 Å². The number of halogens is 1. The fourth-order valence-corrected chi connectivity index (χ4v) is 2.11. The van der Waals surface area contributed by atoms with E-state index in [4.69, 9.17) is 5.73 Å². The minimum absolute atomic E-state index is 0. The Hall–Kier alpha value is 0.210. The van der Waals surface area contributed by atoms with Crippen LogP contribution in [-0.4, -0.2) is 30.6 Å². The Balaban J connectivity index is 0.000000500. The van der Waals surface area contributed by atoms with Crippen LogP contribution in [0.5, 0.6) is 0 Å². The predicted molar refractivity (Wildman–Crippen MR) is 44.4 cm³/mol. The molecule has 3 atom stereocenters. The van der Waals surface area contributed by atoms with Crippen molar-refractivity contribution in [1.29, 1.82) is 0 Å². The zero-order chi connectivity index (χ0) is 6.27. The van der Waals surface area contributed by atoms with E-state index < -0.39 is 0 Å². The van der Waals surface area contributed by atoms with E-state index in [0.717, 1.165) is 12.5 Å². The Morgan fingerprint density at radius 2 is 2.10 bits per heavy atom. The summed E-state index contributed by atoms with van der Waals surface area (Å²) in [5, 5.41) is 0. The summed E-state index contributed by atoms with van der Waals surface area (Å²) < 4.78 is 0. The number of nitrogens with zero attached hydrogens (tertiary/aromatic N) is 1. The van der Waals surface area contributed by atoms with Gasteiger partial charge < -0.3 is 10.6 Å². The minimum Gasteiger partial charge on any atom is -0.327 e. The molecule has 3 heteroatoms. The van der Waals surface area contributed by atoms with Crippen molar-refractivity contribution in [3.8, 4) is 0 Å². The molecule has 0 aliphatic carbocycles. The lowest BCUT2D eigenvalue weighted by Gasteiger charge is -2.26. The third-order valence-electron chi connectivity index (χ3n) is 2.50. The number of hydrogen-bond acceptors (Lipinski definition) is 2. The third-order valence-corrected chi connectivity index (χ3v) is 2.50. The molecule has 0 saturated carbocycles. The third kappa shape index (κ3) is 1.44. The monoisotopic (exact) mass is 162 g/mol. The van der Waals surface area contributed by atoms with E-state index in [9.17, 15) is 0 Å². The maximum absolute atomic E-state index is 5.81. The van der Waals surface area contributed by atoms with Crippen LogP contribution in [0.4, 0.5) is 0 Å². The molecule has 2 rings (SSSR count). The van der Waals surface area contributed by atoms with E-state index >= 15 is 0 Å². The van der Waals surface area contributed by atoms with Crippen LogP contribution >= 0.6 is 12.4 Å². The van der Waals surface area contributed by atoms with Gasteiger partial charge in [0.25, 0.3) is 0 Å². The molecule has 2 saturated heterocycles. The van der Waals surface area contributed by atoms with Gasteiger partial charge in [-0.25, -0.2) is 0 Å². The largest absolute Gasteiger partial charge is 0.327 e. The highest BCUT2D eigenvalue weighted by atomic mass is 35.5. The zero-order valence-corrected chi connectivity index (χ0v) is 6.94. The van der Waals surface area contributed by atoms with Crippen molar-refractivity contribution in [3.63, 3.8) is 0 Å². The molecule has 0 radical (unpaired) electrons. The van der Waals surface area contributed by atoms with E-state index in [-0.39, 0.29) is 12.4 Å². The first-order valence-corrected chi connectivity index (χ1v) is 3.82. The van der Waals surface area contributed by atoms with Crippen LogP contribution in [-0.2, 0) is 0 Å². The molecule has 60 valence electrons. The predicted octanol–water partition coefficient (Wildman–Crippen LogP) is 0.461. The summed E-state index contributed by atoms with van der Waals surface area (Å²) >= 11 is 0. The Bertz CT molecular complexity index is 106. The summed E-state index contributed by atoms with van der Waals surface area (Å²) in [6.45, 7) is 3.78. The lowest BCUT2D eigenvalue weighted by Crippen LogP contribution is -2.41. The highest BCUT2D eigenvalue weighted by Gasteiger charge is 2.29. The van der Waals surface area contributed by atoms with Crippen molar-refractivity contribution in [2.24, 2.45) is 11.7 Å². The Labute approximate surface area is 68.2 Å². The van der Waals surface area contributed by atoms with Crippen molar-refractivity contribution in [2.45, 2.75) is 18.9 Å². The fourth-order valence-electron chi connectivity index (χ4n) is 2.11. The van der Waals surface area contributed by atoms with Crippen molar-refractivity contribution in [2.75, 3.05) is 19.6 Å². The molecule has 3 unspecified atom stereocenters. The molecule has 0 amide bonds. The molecule has 0 aromatic rings. The minimum atomic E-state index is 0. The van der Waals surface area contributed by atoms with Gasteiger partial charge in [-0.2, -0.15) is 0 Å². The molecule has 2 N–H and O–H groups in total. The molecular weight excluding hydrogens is 148 g/mol. The van der Waals surface area contributed by atoms with Crippen LogP contribution in [0, 0.1) is 5.92 Å². The van der Waals surface area contributed by atoms with Gasteiger partial charge in [0.1, 0.15) is 0 Å². The SMILES string of the molecule is Cl.NC1CC2CCN(C1)C2. The van der Waals surface area contributed by atoms with E-state index in [1.807, 2.05) is 0 Å². The summed E-state index contributed by atoms with van der Waals surface area (Å²) in [6, 6.07) is 0.478. The quantitative estimate of drug-likeness (QED) is 0.561. The van der Waals surface area contributed by atoms with Crippen LogP contribution in [0.25, 0.3) is 0 Å². The maximum Gasteiger partial charge on any atom is 0.0170 e. The number of fused-ring (bicyclic) bond motifs is 2. The number of nitrogens with two attached hydrogens (primary N) is 1. The molecule has 2 fully saturated rings. The zero-order valence-electron chi connectivity index (χ0n) is 6.12. The van der Waals surface area contributed by atoms with E-state index in [1.54, 1.807) is 0 Å². The van der Waals surface area contributed by atoms with Crippen molar-refractivity contribution in [3.05, 3.63) is 0 Å². The average Bonchev–Trinajstić information content (AvgIpc) is 2.11. The molecule has 0 spiro atoms. The summed E-state index contributed by atoms with van der Waals surface area (Å²) in [7, 11) is 0. The normalized spacial score (nSPS) is 44.7. The Morgan fingerprint density at radius 3 is 2.80 bits per heavy atom. The van der Waals surface area contributed by atoms with E-state index in [1.165, 1.54) is 25.9 Å². The van der Waals surface area contributed by atoms with Crippen LogP contribution in [0.2, 0.25) is 0 Å². The van der Waals surface area contributed by atoms with Crippen molar-refractivity contribution < 1.29 is 0 Å².